The third-order valence-electron chi connectivity index (χ3n) is 5.46. The fourth-order valence-electron chi connectivity index (χ4n) is 3.53. The molecule has 5 heteroatoms. The number of allylic oxidation sites excluding steroid dienone is 2. The van der Waals surface area contributed by atoms with Gasteiger partial charge in [-0.05, 0) is 44.1 Å². The molecule has 0 heterocycles. The molecule has 1 rings (SSSR count). The Balaban J connectivity index is 0.00000961. The predicted octanol–water partition coefficient (Wildman–Crippen LogP) is 6.02. The molecule has 32 heavy (non-hydrogen) atoms. The summed E-state index contributed by atoms with van der Waals surface area (Å²) < 4.78 is 4.89. The number of unbranched alkanes of at least 4 members (excludes halogenated alkanes) is 11. The molecule has 0 saturated heterocycles. The van der Waals surface area contributed by atoms with Crippen LogP contribution in [-0.2, 0) is 20.7 Å². The number of carbonyl (C=O) groups excluding carboxylic acids is 2. The van der Waals surface area contributed by atoms with Crippen LogP contribution in [0.2, 0.25) is 0 Å². The van der Waals surface area contributed by atoms with Crippen molar-refractivity contribution in [2.24, 2.45) is 5.73 Å². The molecular weight excluding hydrogens is 409 g/mol. The molecule has 0 radical (unpaired) electrons. The second-order valence-corrected chi connectivity index (χ2v) is 8.42. The second-order valence-electron chi connectivity index (χ2n) is 8.42. The van der Waals surface area contributed by atoms with Crippen LogP contribution in [0.25, 0.3) is 0 Å². The van der Waals surface area contributed by atoms with Gasteiger partial charge in [0.15, 0.2) is 0 Å². The quantitative estimate of drug-likeness (QED) is 0.0971. The molecule has 1 atom stereocenters. The van der Waals surface area contributed by atoms with Gasteiger partial charge in [0.25, 0.3) is 0 Å². The third-order valence-corrected chi connectivity index (χ3v) is 5.46. The summed E-state index contributed by atoms with van der Waals surface area (Å²) in [6, 6.07) is 8.70. The number of rotatable bonds is 18. The summed E-state index contributed by atoms with van der Waals surface area (Å²) in [5, 5.41) is 0. The van der Waals surface area contributed by atoms with Gasteiger partial charge in [0.2, 0.25) is 0 Å². The molecule has 0 aliphatic rings. The van der Waals surface area contributed by atoms with E-state index in [9.17, 15) is 9.59 Å². The number of carbonyl (C=O) groups is 2. The van der Waals surface area contributed by atoms with Crippen LogP contribution < -0.4 is 5.73 Å². The molecule has 176 valence electrons. The van der Waals surface area contributed by atoms with E-state index < -0.39 is 18.0 Å². The van der Waals surface area contributed by atoms with Crippen LogP contribution in [0.15, 0.2) is 42.5 Å². The van der Waals surface area contributed by atoms with Crippen molar-refractivity contribution in [2.75, 3.05) is 0 Å². The Hall–Kier alpha value is -0.940. The molecule has 0 aliphatic carbocycles. The van der Waals surface area contributed by atoms with Gasteiger partial charge in [-0.1, -0.05) is 101 Å². The van der Waals surface area contributed by atoms with Crippen LogP contribution in [-0.4, -0.2) is 47.5 Å². The molecule has 0 saturated carbocycles. The summed E-state index contributed by atoms with van der Waals surface area (Å²) in [7, 11) is 0. The van der Waals surface area contributed by atoms with E-state index in [4.69, 9.17) is 10.5 Å². The Bertz CT molecular complexity index is 619. The zero-order chi connectivity index (χ0) is 22.6. The maximum absolute atomic E-state index is 11.9. The monoisotopic (exact) mass is 453 g/mol. The van der Waals surface area contributed by atoms with Gasteiger partial charge in [0.1, 0.15) is 6.04 Å². The predicted molar refractivity (Wildman–Crippen MR) is 136 cm³/mol. The van der Waals surface area contributed by atoms with Gasteiger partial charge in [-0.15, -0.1) is 0 Å². The van der Waals surface area contributed by atoms with E-state index in [1.165, 1.54) is 57.8 Å². The molecule has 0 spiro atoms. The van der Waals surface area contributed by atoms with Crippen molar-refractivity contribution in [3.8, 4) is 0 Å². The molecule has 2 N–H and O–H groups in total. The van der Waals surface area contributed by atoms with Gasteiger partial charge in [-0.2, -0.15) is 0 Å². The first kappa shape index (κ1) is 31.1. The van der Waals surface area contributed by atoms with Gasteiger partial charge in [-0.25, -0.2) is 4.79 Å². The number of nitrogens with two attached hydrogens (primary N) is 1. The minimum absolute atomic E-state index is 0. The number of ether oxygens (including phenoxy) is 1. The Morgan fingerprint density at radius 1 is 0.844 bits per heavy atom. The maximum atomic E-state index is 11.9. The van der Waals surface area contributed by atoms with Crippen LogP contribution >= 0.6 is 0 Å². The van der Waals surface area contributed by atoms with Gasteiger partial charge in [0, 0.05) is 6.42 Å². The number of hydrogen-bond donors (Lipinski definition) is 1. The van der Waals surface area contributed by atoms with Crippen LogP contribution in [0, 0.1) is 0 Å². The number of esters is 2. The average molecular weight is 454 g/mol. The minimum atomic E-state index is -0.805. The molecule has 0 bridgehead atoms. The van der Waals surface area contributed by atoms with Crippen molar-refractivity contribution >= 4 is 41.5 Å². The first-order valence-corrected chi connectivity index (χ1v) is 12.3. The zero-order valence-corrected chi connectivity index (χ0v) is 19.5. The summed E-state index contributed by atoms with van der Waals surface area (Å²) >= 11 is 0. The van der Waals surface area contributed by atoms with Crippen molar-refractivity contribution in [2.45, 2.75) is 109 Å². The molecule has 0 fully saturated rings. The van der Waals surface area contributed by atoms with Crippen molar-refractivity contribution in [3.63, 3.8) is 0 Å². The van der Waals surface area contributed by atoms with E-state index in [0.717, 1.165) is 31.2 Å². The molecular formula is C27H44NNaO3. The Morgan fingerprint density at radius 3 is 1.97 bits per heavy atom. The molecule has 0 aromatic heterocycles. The van der Waals surface area contributed by atoms with E-state index in [1.54, 1.807) is 0 Å². The molecule has 4 nitrogen and oxygen atoms in total. The van der Waals surface area contributed by atoms with Crippen LogP contribution in [0.1, 0.15) is 102 Å². The zero-order valence-electron chi connectivity index (χ0n) is 19.5. The van der Waals surface area contributed by atoms with E-state index >= 15 is 0 Å². The summed E-state index contributed by atoms with van der Waals surface area (Å²) in [6.07, 6.45) is 21.0. The summed E-state index contributed by atoms with van der Waals surface area (Å²) in [6.45, 7) is 2.25. The molecule has 0 amide bonds. The molecule has 1 aromatic carbocycles. The Kier molecular flexibility index (Phi) is 21.2. The summed E-state index contributed by atoms with van der Waals surface area (Å²) in [5.41, 5.74) is 6.81. The van der Waals surface area contributed by atoms with Gasteiger partial charge < -0.3 is 10.5 Å². The average Bonchev–Trinajstić information content (AvgIpc) is 2.77. The topological polar surface area (TPSA) is 69.4 Å². The fraction of sp³-hybridized carbons (Fsp3) is 0.630. The van der Waals surface area contributed by atoms with E-state index in [1.807, 2.05) is 30.3 Å². The van der Waals surface area contributed by atoms with Crippen molar-refractivity contribution in [1.29, 1.82) is 0 Å². The van der Waals surface area contributed by atoms with Crippen LogP contribution in [0.5, 0.6) is 0 Å². The Labute approximate surface area is 218 Å². The first-order chi connectivity index (χ1) is 15.1. The van der Waals surface area contributed by atoms with Crippen molar-refractivity contribution in [1.82, 2.24) is 0 Å². The standard InChI is InChI=1S/C27H43NO3.Na.H/c1-2-3-4-5-6-7-8-9-10-11-12-13-14-15-19-22-26(29)31-27(30)25(28)23-24-20-17-16-18-21-24;;/h9-10,16-18,20-21,25H,2-8,11-15,19,22-23,28H2,1H3;;/b10-9-;;. The number of hydrogen-bond acceptors (Lipinski definition) is 4. The van der Waals surface area contributed by atoms with E-state index in [-0.39, 0.29) is 36.0 Å². The number of benzene rings is 1. The van der Waals surface area contributed by atoms with Crippen molar-refractivity contribution < 1.29 is 14.3 Å². The summed E-state index contributed by atoms with van der Waals surface area (Å²) in [4.78, 5) is 23.8. The third kappa shape index (κ3) is 17.6. The fourth-order valence-corrected chi connectivity index (χ4v) is 3.53. The van der Waals surface area contributed by atoms with E-state index in [2.05, 4.69) is 19.1 Å². The molecule has 0 aliphatic heterocycles. The van der Waals surface area contributed by atoms with E-state index in [0.29, 0.717) is 6.42 Å². The normalized spacial score (nSPS) is 11.8. The van der Waals surface area contributed by atoms with Crippen LogP contribution in [0.4, 0.5) is 0 Å². The van der Waals surface area contributed by atoms with Gasteiger partial charge >= 0.3 is 41.5 Å². The second kappa shape index (κ2) is 21.9. The summed E-state index contributed by atoms with van der Waals surface area (Å²) in [5.74, 6) is -1.10. The van der Waals surface area contributed by atoms with Crippen LogP contribution in [0.3, 0.4) is 0 Å². The van der Waals surface area contributed by atoms with Crippen molar-refractivity contribution in [3.05, 3.63) is 48.0 Å². The SMILES string of the molecule is CCCCCCCC/C=C\CCCCCCCC(=O)OC(=O)C(N)Cc1ccccc1.[NaH]. The molecule has 1 unspecified atom stereocenters. The van der Waals surface area contributed by atoms with Gasteiger partial charge in [-0.3, -0.25) is 4.79 Å². The Morgan fingerprint density at radius 2 is 1.38 bits per heavy atom. The first-order valence-electron chi connectivity index (χ1n) is 12.3. The molecule has 1 aromatic rings. The van der Waals surface area contributed by atoms with Gasteiger partial charge in [0.05, 0.1) is 0 Å².